The van der Waals surface area contributed by atoms with Crippen molar-refractivity contribution in [3.05, 3.63) is 59.2 Å². The highest BCUT2D eigenvalue weighted by molar-refractivity contribution is 5.79. The maximum atomic E-state index is 12.8. The maximum Gasteiger partial charge on any atom is 0.416 e. The number of hydrogen-bond acceptors (Lipinski definition) is 3. The fraction of sp³-hybridized carbons (Fsp3) is 0.409. The number of alkyl halides is 3. The first-order valence-corrected chi connectivity index (χ1v) is 9.87. The van der Waals surface area contributed by atoms with Gasteiger partial charge in [0.25, 0.3) is 0 Å². The second-order valence-corrected chi connectivity index (χ2v) is 7.55. The quantitative estimate of drug-likeness (QED) is 0.826. The molecule has 2 aliphatic heterocycles. The zero-order valence-electron chi connectivity index (χ0n) is 16.0. The Morgan fingerprint density at radius 1 is 1.07 bits per heavy atom. The van der Waals surface area contributed by atoms with Crippen LogP contribution in [0, 0.1) is 5.92 Å². The first kappa shape index (κ1) is 19.8. The first-order chi connectivity index (χ1) is 13.9. The maximum absolute atomic E-state index is 12.8. The van der Waals surface area contributed by atoms with E-state index in [0.717, 1.165) is 49.2 Å². The van der Waals surface area contributed by atoms with E-state index < -0.39 is 11.7 Å². The van der Waals surface area contributed by atoms with Crippen molar-refractivity contribution in [1.82, 2.24) is 10.2 Å². The number of carbonyl (C=O) groups excluding carboxylic acids is 1. The molecule has 1 saturated heterocycles. The lowest BCUT2D eigenvalue weighted by Gasteiger charge is -2.33. The summed E-state index contributed by atoms with van der Waals surface area (Å²) >= 11 is 0. The highest BCUT2D eigenvalue weighted by Crippen LogP contribution is 2.34. The van der Waals surface area contributed by atoms with E-state index in [4.69, 9.17) is 4.74 Å². The van der Waals surface area contributed by atoms with Crippen LogP contribution in [0.1, 0.15) is 29.5 Å². The van der Waals surface area contributed by atoms with Crippen LogP contribution in [-0.4, -0.2) is 30.4 Å². The van der Waals surface area contributed by atoms with Crippen LogP contribution in [-0.2, 0) is 23.9 Å². The second-order valence-electron chi connectivity index (χ2n) is 7.55. The molecule has 0 saturated carbocycles. The summed E-state index contributed by atoms with van der Waals surface area (Å²) in [6.45, 7) is 2.93. The average molecular weight is 404 g/mol. The van der Waals surface area contributed by atoms with E-state index in [2.05, 4.69) is 5.32 Å². The number of halogens is 3. The van der Waals surface area contributed by atoms with E-state index >= 15 is 0 Å². The van der Waals surface area contributed by atoms with Gasteiger partial charge in [-0.2, -0.15) is 13.2 Å². The fourth-order valence-electron chi connectivity index (χ4n) is 4.02. The Kier molecular flexibility index (Phi) is 5.50. The molecule has 154 valence electrons. The predicted molar refractivity (Wildman–Crippen MR) is 103 cm³/mol. The number of ether oxygens (including phenoxy) is 1. The number of benzene rings is 2. The number of rotatable bonds is 3. The monoisotopic (exact) mass is 404 g/mol. The smallest absolute Gasteiger partial charge is 0.416 e. The number of fused-ring (bicyclic) bond motifs is 1. The molecule has 0 radical (unpaired) electrons. The van der Waals surface area contributed by atoms with Gasteiger partial charge in [0.2, 0.25) is 5.91 Å². The largest absolute Gasteiger partial charge is 0.457 e. The molecule has 1 N–H and O–H groups in total. The van der Waals surface area contributed by atoms with Gasteiger partial charge in [0.1, 0.15) is 11.5 Å². The summed E-state index contributed by atoms with van der Waals surface area (Å²) in [5.74, 6) is 1.30. The standard InChI is InChI=1S/C22H23F3N2O2/c23-22(24,25)17-4-6-18(7-5-17)29-20-3-1-2-16-14-27(13-10-19(16)20)21(28)15-8-11-26-12-9-15/h1-7,15,26H,8-14H2. The Hall–Kier alpha value is -2.54. The van der Waals surface area contributed by atoms with Crippen molar-refractivity contribution in [2.75, 3.05) is 19.6 Å². The van der Waals surface area contributed by atoms with E-state index in [1.807, 2.05) is 23.1 Å². The lowest BCUT2D eigenvalue weighted by Crippen LogP contribution is -2.43. The molecule has 29 heavy (non-hydrogen) atoms. The van der Waals surface area contributed by atoms with Crippen LogP contribution in [0.5, 0.6) is 11.5 Å². The van der Waals surface area contributed by atoms with E-state index in [-0.39, 0.29) is 11.8 Å². The van der Waals surface area contributed by atoms with Gasteiger partial charge in [-0.15, -0.1) is 0 Å². The molecule has 1 amide bonds. The van der Waals surface area contributed by atoms with Crippen LogP contribution in [0.25, 0.3) is 0 Å². The van der Waals surface area contributed by atoms with Crippen molar-refractivity contribution in [3.8, 4) is 11.5 Å². The van der Waals surface area contributed by atoms with Crippen molar-refractivity contribution in [1.29, 1.82) is 0 Å². The molecule has 0 spiro atoms. The van der Waals surface area contributed by atoms with Crippen LogP contribution < -0.4 is 10.1 Å². The first-order valence-electron chi connectivity index (χ1n) is 9.87. The Labute approximate surface area is 167 Å². The molecule has 2 aromatic rings. The molecule has 4 nitrogen and oxygen atoms in total. The van der Waals surface area contributed by atoms with Gasteiger partial charge in [-0.1, -0.05) is 12.1 Å². The van der Waals surface area contributed by atoms with E-state index in [1.165, 1.54) is 12.1 Å². The SMILES string of the molecule is O=C(C1CCNCC1)N1CCc2c(cccc2Oc2ccc(C(F)(F)F)cc2)C1. The number of hydrogen-bond donors (Lipinski definition) is 1. The van der Waals surface area contributed by atoms with Crippen molar-refractivity contribution in [2.24, 2.45) is 5.92 Å². The topological polar surface area (TPSA) is 41.6 Å². The van der Waals surface area contributed by atoms with Crippen LogP contribution in [0.4, 0.5) is 13.2 Å². The van der Waals surface area contributed by atoms with Crippen LogP contribution >= 0.6 is 0 Å². The highest BCUT2D eigenvalue weighted by Gasteiger charge is 2.31. The second kappa shape index (κ2) is 8.06. The summed E-state index contributed by atoms with van der Waals surface area (Å²) in [4.78, 5) is 14.7. The number of amides is 1. The minimum Gasteiger partial charge on any atom is -0.457 e. The molecule has 4 rings (SSSR count). The van der Waals surface area contributed by atoms with Crippen molar-refractivity contribution in [3.63, 3.8) is 0 Å². The third kappa shape index (κ3) is 4.40. The zero-order chi connectivity index (χ0) is 20.4. The molecule has 7 heteroatoms. The van der Waals surface area contributed by atoms with E-state index in [0.29, 0.717) is 31.0 Å². The van der Waals surface area contributed by atoms with Gasteiger partial charge in [0.15, 0.2) is 0 Å². The zero-order valence-corrected chi connectivity index (χ0v) is 16.0. The van der Waals surface area contributed by atoms with Crippen LogP contribution in [0.2, 0.25) is 0 Å². The molecular weight excluding hydrogens is 381 g/mol. The van der Waals surface area contributed by atoms with E-state index in [1.54, 1.807) is 0 Å². The van der Waals surface area contributed by atoms with Crippen LogP contribution in [0.15, 0.2) is 42.5 Å². The summed E-state index contributed by atoms with van der Waals surface area (Å²) in [7, 11) is 0. The van der Waals surface area contributed by atoms with Gasteiger partial charge in [-0.05, 0) is 68.2 Å². The minimum absolute atomic E-state index is 0.0874. The number of piperidine rings is 1. The molecule has 2 heterocycles. The lowest BCUT2D eigenvalue weighted by atomic mass is 9.93. The third-order valence-corrected chi connectivity index (χ3v) is 5.63. The Morgan fingerprint density at radius 2 is 1.79 bits per heavy atom. The van der Waals surface area contributed by atoms with Gasteiger partial charge in [0.05, 0.1) is 5.56 Å². The number of nitrogens with zero attached hydrogens (tertiary/aromatic N) is 1. The summed E-state index contributed by atoms with van der Waals surface area (Å²) < 4.78 is 44.1. The van der Waals surface area contributed by atoms with Gasteiger partial charge < -0.3 is 15.0 Å². The fourth-order valence-corrected chi connectivity index (χ4v) is 4.02. The van der Waals surface area contributed by atoms with Gasteiger partial charge in [-0.25, -0.2) is 0 Å². The Balaban J connectivity index is 1.47. The summed E-state index contributed by atoms with van der Waals surface area (Å²) in [5.41, 5.74) is 1.34. The molecule has 0 bridgehead atoms. The Morgan fingerprint density at radius 3 is 2.48 bits per heavy atom. The summed E-state index contributed by atoms with van der Waals surface area (Å²) in [6.07, 6.45) is -1.95. The Bertz CT molecular complexity index is 875. The molecule has 0 aliphatic carbocycles. The number of carbonyl (C=O) groups is 1. The van der Waals surface area contributed by atoms with Gasteiger partial charge in [-0.3, -0.25) is 4.79 Å². The molecular formula is C22H23F3N2O2. The van der Waals surface area contributed by atoms with Gasteiger partial charge in [0, 0.05) is 24.6 Å². The summed E-state index contributed by atoms with van der Waals surface area (Å²) in [5, 5.41) is 3.28. The van der Waals surface area contributed by atoms with E-state index in [9.17, 15) is 18.0 Å². The van der Waals surface area contributed by atoms with Crippen molar-refractivity contribution < 1.29 is 22.7 Å². The third-order valence-electron chi connectivity index (χ3n) is 5.63. The molecule has 0 aromatic heterocycles. The molecule has 0 unspecified atom stereocenters. The summed E-state index contributed by atoms with van der Waals surface area (Å²) in [6, 6.07) is 10.4. The highest BCUT2D eigenvalue weighted by atomic mass is 19.4. The average Bonchev–Trinajstić information content (AvgIpc) is 2.73. The van der Waals surface area contributed by atoms with Crippen molar-refractivity contribution in [2.45, 2.75) is 32.0 Å². The van der Waals surface area contributed by atoms with Crippen LogP contribution in [0.3, 0.4) is 0 Å². The van der Waals surface area contributed by atoms with Gasteiger partial charge >= 0.3 is 6.18 Å². The minimum atomic E-state index is -4.37. The predicted octanol–water partition coefficient (Wildman–Crippen LogP) is 4.38. The van der Waals surface area contributed by atoms with Crippen molar-refractivity contribution >= 4 is 5.91 Å². The number of nitrogens with one attached hydrogen (secondary N) is 1. The molecule has 2 aromatic carbocycles. The molecule has 0 atom stereocenters. The lowest BCUT2D eigenvalue weighted by molar-refractivity contribution is -0.138. The molecule has 2 aliphatic rings. The normalized spacial score (nSPS) is 17.7. The molecule has 1 fully saturated rings.